The van der Waals surface area contributed by atoms with Gasteiger partial charge in [-0.05, 0) is 202 Å². The van der Waals surface area contributed by atoms with E-state index >= 15 is 0 Å². The minimum atomic E-state index is -0.261. The smallest absolute Gasteiger partial charge is 0.439 e. The standard InChI is InChI=1S/2C36H42N4.C4H10O2.C4H10O.Li.Nd/c2*1-23-15-11-16-24(2)31(23)39-33(35(5,6)7)37-28-21-13-19-27-20-14-22-29(30(27)28)38-34(36(8,9)10)40-32-25(3)17-12-18-26(32)4;1-5-3-4-6-2;1-3-5-4-2;;/h2*11-22H,1-10H3;3-4H2,1-2H3;3-4H2,1-2H3;;/q2*-2;;;+1;+3. The SMILES string of the molecule is CCOCC.COCCOC.Cc1cccc(C)c1N=C([N-]c1cccc2cccc(N=C([N-]c3c(C)cccc3C)C(C)(C)C)c12)C(C)(C)C.Cc1cccc(C)c1[N-]C(=Nc1cccc2cccc(N=C([N-]c3c(C)cccc3C)C(C)(C)C)c12)C(C)(C)C.[Li+].[Nd+3]. The first-order chi connectivity index (χ1) is 42.8. The van der Waals surface area contributed by atoms with Gasteiger partial charge in [-0.3, -0.25) is 0 Å². The monoisotopic (exact) mass is 1370 g/mol. The van der Waals surface area contributed by atoms with Crippen LogP contribution in [0.15, 0.2) is 166 Å². The van der Waals surface area contributed by atoms with Crippen molar-refractivity contribution in [3.8, 4) is 0 Å². The van der Waals surface area contributed by atoms with Crippen LogP contribution in [0.2, 0.25) is 0 Å². The molecule has 8 aromatic carbocycles. The summed E-state index contributed by atoms with van der Waals surface area (Å²) in [5.41, 5.74) is 15.5. The van der Waals surface area contributed by atoms with E-state index in [2.05, 4.69) is 294 Å². The number of aryl methyl sites for hydroxylation is 8. The third kappa shape index (κ3) is 24.0. The van der Waals surface area contributed by atoms with Crippen LogP contribution in [-0.2, 0) is 14.2 Å². The molecule has 0 aromatic heterocycles. The Morgan fingerprint density at radius 2 is 0.602 bits per heavy atom. The molecule has 0 aliphatic rings. The van der Waals surface area contributed by atoms with Gasteiger partial charge < -0.3 is 55.4 Å². The Bertz CT molecular complexity index is 3630. The summed E-state index contributed by atoms with van der Waals surface area (Å²) in [6.45, 7) is 49.8. The Kier molecular flexibility index (Phi) is 32.6. The van der Waals surface area contributed by atoms with Gasteiger partial charge in [-0.2, -0.15) is 0 Å². The van der Waals surface area contributed by atoms with Crippen molar-refractivity contribution in [3.05, 3.63) is 211 Å². The number of amidine groups is 4. The third-order valence-corrected chi connectivity index (χ3v) is 14.8. The molecular weight excluding hydrogens is 1270 g/mol. The van der Waals surface area contributed by atoms with E-state index in [0.717, 1.165) is 148 Å². The van der Waals surface area contributed by atoms with Crippen LogP contribution in [0.3, 0.4) is 0 Å². The molecule has 0 spiro atoms. The third-order valence-electron chi connectivity index (χ3n) is 14.8. The van der Waals surface area contributed by atoms with Gasteiger partial charge in [-0.25, -0.2) is 0 Å². The molecule has 8 rings (SSSR count). The van der Waals surface area contributed by atoms with Crippen LogP contribution in [0.4, 0.5) is 45.5 Å². The maximum atomic E-state index is 5.23. The molecule has 0 aliphatic carbocycles. The normalized spacial score (nSPS) is 12.3. The van der Waals surface area contributed by atoms with E-state index in [0.29, 0.717) is 13.2 Å². The molecule has 0 bridgehead atoms. The Balaban J connectivity index is 0.000000410. The van der Waals surface area contributed by atoms with Crippen molar-refractivity contribution < 1.29 is 73.9 Å². The molecule has 0 amide bonds. The number of methoxy groups -OCH3 is 2. The van der Waals surface area contributed by atoms with Gasteiger partial charge in [-0.1, -0.05) is 252 Å². The number of hydrogen-bond acceptors (Lipinski definition) is 7. The summed E-state index contributed by atoms with van der Waals surface area (Å²) >= 11 is 0. The van der Waals surface area contributed by atoms with Crippen LogP contribution in [0.5, 0.6) is 0 Å². The van der Waals surface area contributed by atoms with Gasteiger partial charge in [0.05, 0.1) is 13.2 Å². The molecule has 0 fully saturated rings. The number of hydrogen-bond donors (Lipinski definition) is 0. The van der Waals surface area contributed by atoms with Gasteiger partial charge in [0.25, 0.3) is 0 Å². The minimum absolute atomic E-state index is 0. The van der Waals surface area contributed by atoms with Crippen LogP contribution in [0.1, 0.15) is 141 Å². The van der Waals surface area contributed by atoms with E-state index in [1.54, 1.807) is 14.2 Å². The molecule has 0 saturated carbocycles. The van der Waals surface area contributed by atoms with Crippen LogP contribution in [0.25, 0.3) is 42.8 Å². The molecular formula is C80H104LiN8NdO3. The second kappa shape index (κ2) is 37.3. The van der Waals surface area contributed by atoms with Gasteiger partial charge in [0, 0.05) is 27.4 Å². The van der Waals surface area contributed by atoms with Crippen molar-refractivity contribution in [1.29, 1.82) is 0 Å². The zero-order chi connectivity index (χ0) is 67.4. The Morgan fingerprint density at radius 3 is 0.882 bits per heavy atom. The number of para-hydroxylation sites is 4. The van der Waals surface area contributed by atoms with Crippen molar-refractivity contribution in [1.82, 2.24) is 0 Å². The van der Waals surface area contributed by atoms with Crippen molar-refractivity contribution in [2.45, 2.75) is 152 Å². The van der Waals surface area contributed by atoms with Crippen molar-refractivity contribution in [2.75, 3.05) is 40.6 Å². The molecule has 0 heterocycles. The summed E-state index contributed by atoms with van der Waals surface area (Å²) in [5.74, 6) is 3.14. The quantitative estimate of drug-likeness (QED) is 0.0492. The van der Waals surface area contributed by atoms with Crippen LogP contribution >= 0.6 is 0 Å². The molecule has 0 aliphatic heterocycles. The first-order valence-corrected chi connectivity index (χ1v) is 31.9. The second-order valence-corrected chi connectivity index (χ2v) is 27.2. The molecule has 93 heavy (non-hydrogen) atoms. The van der Waals surface area contributed by atoms with E-state index in [1.165, 1.54) is 0 Å². The maximum absolute atomic E-state index is 5.23. The minimum Gasteiger partial charge on any atom is -0.439 e. The van der Waals surface area contributed by atoms with Crippen molar-refractivity contribution in [3.63, 3.8) is 0 Å². The second-order valence-electron chi connectivity index (χ2n) is 27.2. The first kappa shape index (κ1) is 81.2. The summed E-state index contributed by atoms with van der Waals surface area (Å²) in [5, 5.41) is 24.8. The van der Waals surface area contributed by atoms with E-state index in [1.807, 2.05) is 13.8 Å². The van der Waals surface area contributed by atoms with E-state index < -0.39 is 0 Å². The van der Waals surface area contributed by atoms with Gasteiger partial charge in [0.15, 0.2) is 0 Å². The topological polar surface area (TPSA) is 134 Å². The Morgan fingerprint density at radius 1 is 0.344 bits per heavy atom. The molecule has 11 nitrogen and oxygen atoms in total. The van der Waals surface area contributed by atoms with Crippen LogP contribution in [0, 0.1) is 118 Å². The molecule has 0 N–H and O–H groups in total. The van der Waals surface area contributed by atoms with E-state index in [-0.39, 0.29) is 81.4 Å². The largest absolute Gasteiger partial charge is 3.00 e. The fourth-order valence-electron chi connectivity index (χ4n) is 9.60. The van der Waals surface area contributed by atoms with Crippen LogP contribution < -0.4 is 18.9 Å². The number of fused-ring (bicyclic) bond motifs is 2. The fourth-order valence-corrected chi connectivity index (χ4v) is 9.60. The molecule has 0 atom stereocenters. The summed E-state index contributed by atoms with van der Waals surface area (Å²) in [6.07, 6.45) is 0. The van der Waals surface area contributed by atoms with Crippen molar-refractivity contribution >= 4 is 90.4 Å². The Hall–Kier alpha value is -6.01. The van der Waals surface area contributed by atoms with Crippen molar-refractivity contribution in [2.24, 2.45) is 41.6 Å². The average molecular weight is 1380 g/mol. The van der Waals surface area contributed by atoms with E-state index in [4.69, 9.17) is 46.0 Å². The summed E-state index contributed by atoms with van der Waals surface area (Å²) in [4.78, 5) is 20.8. The number of rotatable bonds is 13. The molecule has 0 unspecified atom stereocenters. The average Bonchev–Trinajstić information content (AvgIpc) is 0.795. The predicted octanol–water partition coefficient (Wildman–Crippen LogP) is 21.6. The molecule has 8 aromatic rings. The first-order valence-electron chi connectivity index (χ1n) is 31.9. The van der Waals surface area contributed by atoms with Gasteiger partial charge >= 0.3 is 59.7 Å². The number of ether oxygens (including phenoxy) is 3. The summed E-state index contributed by atoms with van der Waals surface area (Å²) in [6, 6.07) is 50.0. The zero-order valence-electron chi connectivity index (χ0n) is 61.0. The number of benzene rings is 8. The van der Waals surface area contributed by atoms with Gasteiger partial charge in [0.1, 0.15) is 0 Å². The summed E-state index contributed by atoms with van der Waals surface area (Å²) in [7, 11) is 3.30. The molecule has 0 saturated heterocycles. The number of aliphatic imine (C=N–C) groups is 4. The molecule has 1 radical (unpaired) electrons. The molecule has 13 heteroatoms. The predicted molar refractivity (Wildman–Crippen MR) is 396 cm³/mol. The van der Waals surface area contributed by atoms with Gasteiger partial charge in [0.2, 0.25) is 0 Å². The number of nitrogens with zero attached hydrogens (tertiary/aromatic N) is 8. The Labute approximate surface area is 605 Å². The fraction of sp³-hybridized carbons (Fsp3) is 0.400. The molecule has 487 valence electrons. The van der Waals surface area contributed by atoms with Gasteiger partial charge in [-0.15, -0.1) is 0 Å². The zero-order valence-corrected chi connectivity index (χ0v) is 64.2. The van der Waals surface area contributed by atoms with E-state index in [9.17, 15) is 0 Å². The van der Waals surface area contributed by atoms with Crippen LogP contribution in [-0.4, -0.2) is 64.0 Å². The summed E-state index contributed by atoms with van der Waals surface area (Å²) < 4.78 is 14.1. The maximum Gasteiger partial charge on any atom is 3.00 e.